The molecule has 0 heteroatoms. The molecule has 4 aromatic carbocycles. The average molecular weight is 613 g/mol. The first-order chi connectivity index (χ1) is 22.7. The van der Waals surface area contributed by atoms with Gasteiger partial charge in [-0.2, -0.15) is 0 Å². The highest BCUT2D eigenvalue weighted by atomic mass is 14.3. The van der Waals surface area contributed by atoms with Gasteiger partial charge in [0.1, 0.15) is 0 Å². The van der Waals surface area contributed by atoms with Gasteiger partial charge in [0.25, 0.3) is 0 Å². The van der Waals surface area contributed by atoms with Crippen LogP contribution in [0.5, 0.6) is 0 Å². The Morgan fingerprint density at radius 2 is 0.522 bits per heavy atom. The minimum atomic E-state index is 1.12. The van der Waals surface area contributed by atoms with E-state index in [-0.39, 0.29) is 0 Å². The summed E-state index contributed by atoms with van der Waals surface area (Å²) in [5.74, 6) is 0. The van der Waals surface area contributed by atoms with Gasteiger partial charge in [-0.25, -0.2) is 0 Å². The Labute approximate surface area is 282 Å². The Hall–Kier alpha value is -3.38. The zero-order valence-electron chi connectivity index (χ0n) is 29.6. The van der Waals surface area contributed by atoms with Crippen molar-refractivity contribution in [2.45, 2.75) is 130 Å². The predicted molar refractivity (Wildman–Crippen MR) is 204 cm³/mol. The molecule has 0 atom stereocenters. The molecule has 0 aliphatic heterocycles. The Morgan fingerprint density at radius 1 is 0.304 bits per heavy atom. The van der Waals surface area contributed by atoms with Gasteiger partial charge >= 0.3 is 0 Å². The molecule has 0 heterocycles. The Bertz CT molecular complexity index is 1260. The van der Waals surface area contributed by atoms with Gasteiger partial charge in [0.15, 0.2) is 0 Å². The smallest absolute Gasteiger partial charge is 0.00211 e. The van der Waals surface area contributed by atoms with Gasteiger partial charge in [0, 0.05) is 0 Å². The standard InChI is InChI=1S/C46H60/c1-5-9-13-25-37-29-17-21-33-41(37)45(42-34-22-18-30-38(42)26-14-10-6-2)46(43-35-23-19-31-39(43)27-15-11-7-3)44-36-24-20-32-40(44)28-16-12-8-4/h17-24,29-36H,5-16,25-28H2,1-4H3. The van der Waals surface area contributed by atoms with Crippen LogP contribution in [0.1, 0.15) is 149 Å². The number of unbranched alkanes of at least 4 members (excludes halogenated alkanes) is 8. The summed E-state index contributed by atoms with van der Waals surface area (Å²) in [5, 5.41) is 0. The van der Waals surface area contributed by atoms with E-state index in [0.717, 1.165) is 25.7 Å². The van der Waals surface area contributed by atoms with Crippen molar-refractivity contribution in [1.82, 2.24) is 0 Å². The monoisotopic (exact) mass is 612 g/mol. The van der Waals surface area contributed by atoms with Gasteiger partial charge in [0.2, 0.25) is 0 Å². The second-order valence-corrected chi connectivity index (χ2v) is 13.2. The number of benzene rings is 4. The second-order valence-electron chi connectivity index (χ2n) is 13.2. The van der Waals surface area contributed by atoms with E-state index in [2.05, 4.69) is 125 Å². The number of rotatable bonds is 20. The largest absolute Gasteiger partial charge is 0.0654 e. The van der Waals surface area contributed by atoms with E-state index in [0.29, 0.717) is 0 Å². The van der Waals surface area contributed by atoms with Gasteiger partial charge in [0.05, 0.1) is 0 Å². The molecule has 0 aliphatic rings. The fraction of sp³-hybridized carbons (Fsp3) is 0.435. The van der Waals surface area contributed by atoms with Gasteiger partial charge in [-0.1, -0.05) is 176 Å². The van der Waals surface area contributed by atoms with Crippen molar-refractivity contribution in [1.29, 1.82) is 0 Å². The molecule has 0 saturated heterocycles. The Balaban J connectivity index is 2.11. The highest BCUT2D eigenvalue weighted by Gasteiger charge is 2.23. The highest BCUT2D eigenvalue weighted by Crippen LogP contribution is 2.42. The molecule has 244 valence electrons. The lowest BCUT2D eigenvalue weighted by Gasteiger charge is -2.25. The molecule has 0 aromatic heterocycles. The minimum Gasteiger partial charge on any atom is -0.0654 e. The normalized spacial score (nSPS) is 11.1. The number of hydrogen-bond acceptors (Lipinski definition) is 0. The van der Waals surface area contributed by atoms with E-state index in [1.54, 1.807) is 0 Å². The Kier molecular flexibility index (Phi) is 15.4. The van der Waals surface area contributed by atoms with Crippen LogP contribution in [-0.2, 0) is 25.7 Å². The zero-order valence-corrected chi connectivity index (χ0v) is 29.6. The SMILES string of the molecule is CCCCCc1ccccc1C(=C(c1ccccc1CCCCC)c1ccccc1CCCCC)c1ccccc1CCCCC. The van der Waals surface area contributed by atoms with Crippen LogP contribution in [0, 0.1) is 0 Å². The maximum atomic E-state index is 2.43. The molecular formula is C46H60. The highest BCUT2D eigenvalue weighted by molar-refractivity contribution is 6.06. The molecule has 0 amide bonds. The van der Waals surface area contributed by atoms with Gasteiger partial charge in [-0.3, -0.25) is 0 Å². The Morgan fingerprint density at radius 3 is 0.739 bits per heavy atom. The van der Waals surface area contributed by atoms with E-state index >= 15 is 0 Å². The van der Waals surface area contributed by atoms with E-state index in [1.165, 1.54) is 133 Å². The molecule has 0 N–H and O–H groups in total. The average Bonchev–Trinajstić information content (AvgIpc) is 3.09. The molecular weight excluding hydrogens is 553 g/mol. The molecule has 4 aromatic rings. The fourth-order valence-electron chi connectivity index (χ4n) is 7.02. The van der Waals surface area contributed by atoms with Crippen molar-refractivity contribution in [2.24, 2.45) is 0 Å². The van der Waals surface area contributed by atoms with Crippen molar-refractivity contribution in [3.05, 3.63) is 142 Å². The lowest BCUT2D eigenvalue weighted by Crippen LogP contribution is -2.07. The molecule has 0 bridgehead atoms. The third kappa shape index (κ3) is 9.81. The molecule has 4 rings (SSSR count). The predicted octanol–water partition coefficient (Wildman–Crippen LogP) is 13.6. The first-order valence-corrected chi connectivity index (χ1v) is 18.8. The summed E-state index contributed by atoms with van der Waals surface area (Å²) < 4.78 is 0. The quantitative estimate of drug-likeness (QED) is 0.0688. The molecule has 0 fully saturated rings. The van der Waals surface area contributed by atoms with E-state index < -0.39 is 0 Å². The van der Waals surface area contributed by atoms with Gasteiger partial charge in [-0.15, -0.1) is 0 Å². The summed E-state index contributed by atoms with van der Waals surface area (Å²) in [7, 11) is 0. The third-order valence-corrected chi connectivity index (χ3v) is 9.60. The lowest BCUT2D eigenvalue weighted by atomic mass is 9.78. The summed E-state index contributed by atoms with van der Waals surface area (Å²) >= 11 is 0. The van der Waals surface area contributed by atoms with Crippen molar-refractivity contribution in [3.8, 4) is 0 Å². The van der Waals surface area contributed by atoms with Gasteiger partial charge < -0.3 is 0 Å². The van der Waals surface area contributed by atoms with Crippen molar-refractivity contribution >= 4 is 11.1 Å². The van der Waals surface area contributed by atoms with Crippen LogP contribution < -0.4 is 0 Å². The molecule has 0 saturated carbocycles. The first-order valence-electron chi connectivity index (χ1n) is 18.8. The van der Waals surface area contributed by atoms with E-state index in [4.69, 9.17) is 0 Å². The van der Waals surface area contributed by atoms with Crippen LogP contribution in [-0.4, -0.2) is 0 Å². The van der Waals surface area contributed by atoms with Gasteiger partial charge in [-0.05, 0) is 107 Å². The van der Waals surface area contributed by atoms with Crippen LogP contribution in [0.4, 0.5) is 0 Å². The van der Waals surface area contributed by atoms with Crippen LogP contribution in [0.3, 0.4) is 0 Å². The van der Waals surface area contributed by atoms with Crippen LogP contribution >= 0.6 is 0 Å². The molecule has 0 unspecified atom stereocenters. The molecule has 46 heavy (non-hydrogen) atoms. The minimum absolute atomic E-state index is 1.12. The number of aryl methyl sites for hydroxylation is 4. The van der Waals surface area contributed by atoms with E-state index in [9.17, 15) is 0 Å². The summed E-state index contributed by atoms with van der Waals surface area (Å²) in [6.45, 7) is 9.25. The summed E-state index contributed by atoms with van der Waals surface area (Å²) in [6, 6.07) is 37.5. The first kappa shape index (κ1) is 35.5. The van der Waals surface area contributed by atoms with Crippen LogP contribution in [0.15, 0.2) is 97.1 Å². The van der Waals surface area contributed by atoms with Crippen LogP contribution in [0.2, 0.25) is 0 Å². The second kappa shape index (κ2) is 20.0. The molecule has 0 radical (unpaired) electrons. The molecule has 0 nitrogen and oxygen atoms in total. The van der Waals surface area contributed by atoms with E-state index in [1.807, 2.05) is 0 Å². The summed E-state index contributed by atoms with van der Waals surface area (Å²) in [5.41, 5.74) is 14.5. The molecule has 0 aliphatic carbocycles. The summed E-state index contributed by atoms with van der Waals surface area (Å²) in [6.07, 6.45) is 19.5. The number of hydrogen-bond donors (Lipinski definition) is 0. The third-order valence-electron chi connectivity index (χ3n) is 9.60. The van der Waals surface area contributed by atoms with Crippen molar-refractivity contribution < 1.29 is 0 Å². The van der Waals surface area contributed by atoms with Crippen molar-refractivity contribution in [3.63, 3.8) is 0 Å². The maximum Gasteiger partial charge on any atom is -0.00211 e. The maximum absolute atomic E-state index is 2.43. The summed E-state index contributed by atoms with van der Waals surface area (Å²) in [4.78, 5) is 0. The topological polar surface area (TPSA) is 0 Å². The lowest BCUT2D eigenvalue weighted by molar-refractivity contribution is 0.714. The zero-order chi connectivity index (χ0) is 32.4. The fourth-order valence-corrected chi connectivity index (χ4v) is 7.02. The molecule has 0 spiro atoms. The van der Waals surface area contributed by atoms with Crippen LogP contribution in [0.25, 0.3) is 11.1 Å². The van der Waals surface area contributed by atoms with Crippen molar-refractivity contribution in [2.75, 3.05) is 0 Å².